The van der Waals surface area contributed by atoms with Crippen LogP contribution in [-0.2, 0) is 0 Å². The van der Waals surface area contributed by atoms with Crippen LogP contribution in [0.15, 0.2) is 54.2 Å². The van der Waals surface area contributed by atoms with E-state index in [1.807, 2.05) is 25.1 Å². The second-order valence-corrected chi connectivity index (χ2v) is 6.37. The Hall–Kier alpha value is -3.55. The Balaban J connectivity index is 1.94. The smallest absolute Gasteiger partial charge is 0.312 e. The molecule has 0 aliphatic rings. The van der Waals surface area contributed by atoms with Gasteiger partial charge in [0.1, 0.15) is 18.4 Å². The molecule has 3 rings (SSSR count). The minimum absolute atomic E-state index is 0.126. The first-order valence-electron chi connectivity index (χ1n) is 8.40. The molecule has 0 amide bonds. The zero-order chi connectivity index (χ0) is 19.4. The fourth-order valence-electron chi connectivity index (χ4n) is 2.56. The molecule has 0 N–H and O–H groups in total. The lowest BCUT2D eigenvalue weighted by Crippen LogP contribution is -1.99. The molecule has 0 saturated carbocycles. The molecule has 27 heavy (non-hydrogen) atoms. The normalized spacial score (nSPS) is 11.3. The maximum Gasteiger partial charge on any atom is 0.312 e. The number of ether oxygens (including phenoxy) is 1. The maximum atomic E-state index is 11.5. The van der Waals surface area contributed by atoms with Crippen LogP contribution < -0.4 is 4.74 Å². The van der Waals surface area contributed by atoms with E-state index in [1.165, 1.54) is 29.6 Å². The van der Waals surface area contributed by atoms with Gasteiger partial charge in [0.05, 0.1) is 11.1 Å². The van der Waals surface area contributed by atoms with Gasteiger partial charge < -0.3 is 4.74 Å². The Morgan fingerprint density at radius 2 is 1.89 bits per heavy atom. The van der Waals surface area contributed by atoms with Crippen molar-refractivity contribution in [3.8, 4) is 11.5 Å². The van der Waals surface area contributed by atoms with Crippen molar-refractivity contribution in [2.45, 2.75) is 26.7 Å². The molecule has 0 fully saturated rings. The molecular formula is C19H19N5O3. The molecule has 8 nitrogen and oxygen atoms in total. The van der Waals surface area contributed by atoms with Gasteiger partial charge in [0.25, 0.3) is 0 Å². The predicted molar refractivity (Wildman–Crippen MR) is 101 cm³/mol. The molecule has 0 aliphatic carbocycles. The van der Waals surface area contributed by atoms with Crippen molar-refractivity contribution in [2.75, 3.05) is 0 Å². The van der Waals surface area contributed by atoms with Gasteiger partial charge in [-0.25, -0.2) is 4.68 Å². The third-order valence-electron chi connectivity index (χ3n) is 3.94. The molecule has 1 aromatic heterocycles. The molecule has 0 unspecified atom stereocenters. The van der Waals surface area contributed by atoms with E-state index in [1.54, 1.807) is 12.1 Å². The summed E-state index contributed by atoms with van der Waals surface area (Å²) in [6, 6.07) is 10.6. The summed E-state index contributed by atoms with van der Waals surface area (Å²) in [6.07, 6.45) is 4.34. The topological polar surface area (TPSA) is 95.4 Å². The predicted octanol–water partition coefficient (Wildman–Crippen LogP) is 4.29. The lowest BCUT2D eigenvalue weighted by atomic mass is 10.0. The molecular weight excluding hydrogens is 346 g/mol. The zero-order valence-corrected chi connectivity index (χ0v) is 15.2. The minimum atomic E-state index is -0.462. The summed E-state index contributed by atoms with van der Waals surface area (Å²) >= 11 is 0. The van der Waals surface area contributed by atoms with Crippen LogP contribution in [0.2, 0.25) is 0 Å². The summed E-state index contributed by atoms with van der Waals surface area (Å²) in [6.45, 7) is 6.06. The van der Waals surface area contributed by atoms with Gasteiger partial charge in [-0.05, 0) is 42.2 Å². The molecule has 3 aromatic rings. The van der Waals surface area contributed by atoms with E-state index in [2.05, 4.69) is 29.1 Å². The quantitative estimate of drug-likeness (QED) is 0.369. The number of hydrogen-bond donors (Lipinski definition) is 0. The molecule has 8 heteroatoms. The number of hydrogen-bond acceptors (Lipinski definition) is 6. The van der Waals surface area contributed by atoms with Crippen molar-refractivity contribution in [1.82, 2.24) is 14.9 Å². The molecule has 0 saturated heterocycles. The first kappa shape index (κ1) is 18.2. The molecule has 2 aromatic carbocycles. The summed E-state index contributed by atoms with van der Waals surface area (Å²) in [7, 11) is 0. The number of nitro benzene ring substituents is 1. The van der Waals surface area contributed by atoms with Gasteiger partial charge in [0, 0.05) is 11.6 Å². The standard InChI is InChI=1S/C19H19N5O3/c1-13(2)16-6-4-14(3)8-19(16)27-18-7-5-15(9-17(18)24(25)26)10-22-23-11-20-21-12-23/h4-13H,1-3H3/b22-10-. The molecule has 0 atom stereocenters. The van der Waals surface area contributed by atoms with E-state index in [-0.39, 0.29) is 17.4 Å². The van der Waals surface area contributed by atoms with Crippen LogP contribution in [0, 0.1) is 17.0 Å². The Labute approximate surface area is 156 Å². The van der Waals surface area contributed by atoms with Crippen molar-refractivity contribution < 1.29 is 9.66 Å². The van der Waals surface area contributed by atoms with Gasteiger partial charge in [-0.15, -0.1) is 10.2 Å². The maximum absolute atomic E-state index is 11.5. The largest absolute Gasteiger partial charge is 0.450 e. The summed E-state index contributed by atoms with van der Waals surface area (Å²) in [5.74, 6) is 1.04. The summed E-state index contributed by atoms with van der Waals surface area (Å²) < 4.78 is 7.34. The average Bonchev–Trinajstić information content (AvgIpc) is 3.14. The van der Waals surface area contributed by atoms with Crippen LogP contribution in [0.1, 0.15) is 36.5 Å². The van der Waals surface area contributed by atoms with E-state index < -0.39 is 4.92 Å². The van der Waals surface area contributed by atoms with E-state index in [0.717, 1.165) is 11.1 Å². The highest BCUT2D eigenvalue weighted by molar-refractivity contribution is 5.81. The number of benzene rings is 2. The Kier molecular flexibility index (Phi) is 5.25. The monoisotopic (exact) mass is 365 g/mol. The second-order valence-electron chi connectivity index (χ2n) is 6.37. The first-order valence-corrected chi connectivity index (χ1v) is 8.40. The SMILES string of the molecule is Cc1ccc(C(C)C)c(Oc2ccc(/C=N\n3cnnc3)cc2[N+](=O)[O-])c1. The minimum Gasteiger partial charge on any atom is -0.450 e. The molecule has 138 valence electrons. The van der Waals surface area contributed by atoms with E-state index in [0.29, 0.717) is 11.3 Å². The first-order chi connectivity index (χ1) is 12.9. The lowest BCUT2D eigenvalue weighted by molar-refractivity contribution is -0.385. The van der Waals surface area contributed by atoms with Gasteiger partial charge in [0.2, 0.25) is 5.75 Å². The zero-order valence-electron chi connectivity index (χ0n) is 15.2. The fourth-order valence-corrected chi connectivity index (χ4v) is 2.56. The molecule has 0 spiro atoms. The third kappa shape index (κ3) is 4.35. The Morgan fingerprint density at radius 1 is 1.15 bits per heavy atom. The molecule has 1 heterocycles. The van der Waals surface area contributed by atoms with Crippen molar-refractivity contribution >= 4 is 11.9 Å². The third-order valence-corrected chi connectivity index (χ3v) is 3.94. The Bertz CT molecular complexity index is 981. The van der Waals surface area contributed by atoms with Crippen LogP contribution in [0.4, 0.5) is 5.69 Å². The van der Waals surface area contributed by atoms with Crippen LogP contribution in [0.25, 0.3) is 0 Å². The van der Waals surface area contributed by atoms with Gasteiger partial charge >= 0.3 is 5.69 Å². The number of aromatic nitrogens is 3. The van der Waals surface area contributed by atoms with Crippen LogP contribution in [0.5, 0.6) is 11.5 Å². The number of nitro groups is 1. The van der Waals surface area contributed by atoms with Crippen LogP contribution in [0.3, 0.4) is 0 Å². The number of nitrogens with zero attached hydrogens (tertiary/aromatic N) is 5. The van der Waals surface area contributed by atoms with Gasteiger partial charge in [0.15, 0.2) is 0 Å². The van der Waals surface area contributed by atoms with E-state index in [9.17, 15) is 10.1 Å². The summed E-state index contributed by atoms with van der Waals surface area (Å²) in [5, 5.41) is 22.9. The molecule has 0 radical (unpaired) electrons. The summed E-state index contributed by atoms with van der Waals surface area (Å²) in [5.41, 5.74) is 2.46. The molecule has 0 aliphatic heterocycles. The average molecular weight is 365 g/mol. The van der Waals surface area contributed by atoms with Crippen molar-refractivity contribution in [3.05, 3.63) is 75.9 Å². The number of aryl methyl sites for hydroxylation is 1. The van der Waals surface area contributed by atoms with E-state index in [4.69, 9.17) is 4.74 Å². The van der Waals surface area contributed by atoms with Gasteiger partial charge in [-0.1, -0.05) is 26.0 Å². The van der Waals surface area contributed by atoms with Crippen molar-refractivity contribution in [2.24, 2.45) is 5.10 Å². The summed E-state index contributed by atoms with van der Waals surface area (Å²) in [4.78, 5) is 11.1. The second kappa shape index (κ2) is 7.77. The van der Waals surface area contributed by atoms with E-state index >= 15 is 0 Å². The van der Waals surface area contributed by atoms with Crippen LogP contribution in [-0.4, -0.2) is 26.0 Å². The highest BCUT2D eigenvalue weighted by Gasteiger charge is 2.18. The lowest BCUT2D eigenvalue weighted by Gasteiger charge is -2.14. The number of rotatable bonds is 6. The van der Waals surface area contributed by atoms with Crippen molar-refractivity contribution in [1.29, 1.82) is 0 Å². The Morgan fingerprint density at radius 3 is 2.56 bits per heavy atom. The van der Waals surface area contributed by atoms with Crippen molar-refractivity contribution in [3.63, 3.8) is 0 Å². The highest BCUT2D eigenvalue weighted by Crippen LogP contribution is 2.36. The highest BCUT2D eigenvalue weighted by atomic mass is 16.6. The van der Waals surface area contributed by atoms with Crippen LogP contribution >= 0.6 is 0 Å². The fraction of sp³-hybridized carbons (Fsp3) is 0.211. The van der Waals surface area contributed by atoms with Gasteiger partial charge in [-0.2, -0.15) is 5.10 Å². The van der Waals surface area contributed by atoms with Gasteiger partial charge in [-0.3, -0.25) is 10.1 Å². The molecule has 0 bridgehead atoms.